The maximum Gasteiger partial charge on any atom is 0.226 e. The van der Waals surface area contributed by atoms with E-state index in [-0.39, 0.29) is 12.2 Å². The second kappa shape index (κ2) is 10.7. The largest absolute Gasteiger partial charge is 0.490 e. The number of nitrogens with zero attached hydrogens (tertiary/aromatic N) is 2. The Morgan fingerprint density at radius 2 is 1.58 bits per heavy atom. The van der Waals surface area contributed by atoms with Crippen LogP contribution in [0.1, 0.15) is 51.9 Å². The molecule has 0 radical (unpaired) electrons. The summed E-state index contributed by atoms with van der Waals surface area (Å²) in [4.78, 5) is 9.44. The van der Waals surface area contributed by atoms with Crippen molar-refractivity contribution in [3.8, 4) is 22.8 Å². The van der Waals surface area contributed by atoms with Gasteiger partial charge < -0.3 is 24.3 Å². The van der Waals surface area contributed by atoms with Crippen molar-refractivity contribution >= 4 is 5.95 Å². The van der Waals surface area contributed by atoms with Gasteiger partial charge in [0.25, 0.3) is 0 Å². The summed E-state index contributed by atoms with van der Waals surface area (Å²) >= 11 is 0. The molecule has 1 aromatic heterocycles. The molecule has 0 bridgehead atoms. The van der Waals surface area contributed by atoms with Crippen molar-refractivity contribution in [3.63, 3.8) is 0 Å². The van der Waals surface area contributed by atoms with E-state index in [2.05, 4.69) is 29.4 Å². The lowest BCUT2D eigenvalue weighted by Gasteiger charge is -2.27. The van der Waals surface area contributed by atoms with Crippen molar-refractivity contribution in [2.24, 2.45) is 5.92 Å². The van der Waals surface area contributed by atoms with E-state index in [4.69, 9.17) is 23.9 Å². The number of benzene rings is 1. The fourth-order valence-electron chi connectivity index (χ4n) is 4.77. The Morgan fingerprint density at radius 3 is 2.30 bits per heavy atom. The summed E-state index contributed by atoms with van der Waals surface area (Å²) in [6.07, 6.45) is 9.70. The van der Waals surface area contributed by atoms with Gasteiger partial charge in [0.05, 0.1) is 32.0 Å². The molecule has 1 atom stereocenters. The summed E-state index contributed by atoms with van der Waals surface area (Å²) in [5.41, 5.74) is 1.91. The smallest absolute Gasteiger partial charge is 0.226 e. The van der Waals surface area contributed by atoms with E-state index in [1.54, 1.807) is 0 Å². The third-order valence-electron chi connectivity index (χ3n) is 6.91. The van der Waals surface area contributed by atoms with E-state index in [1.807, 2.05) is 18.3 Å². The number of rotatable bonds is 7. The van der Waals surface area contributed by atoms with Crippen LogP contribution in [0, 0.1) is 5.92 Å². The highest BCUT2D eigenvalue weighted by Crippen LogP contribution is 2.33. The number of ether oxygens (including phenoxy) is 4. The second-order valence-electron chi connectivity index (χ2n) is 9.57. The molecule has 3 heterocycles. The third kappa shape index (κ3) is 5.95. The predicted molar refractivity (Wildman–Crippen MR) is 127 cm³/mol. The molecule has 1 aliphatic carbocycles. The van der Waals surface area contributed by atoms with Gasteiger partial charge in [-0.05, 0) is 49.3 Å². The van der Waals surface area contributed by atoms with Gasteiger partial charge >= 0.3 is 0 Å². The van der Waals surface area contributed by atoms with Gasteiger partial charge in [-0.15, -0.1) is 0 Å². The van der Waals surface area contributed by atoms with E-state index < -0.39 is 0 Å². The Balaban J connectivity index is 1.32. The fourth-order valence-corrected chi connectivity index (χ4v) is 4.77. The van der Waals surface area contributed by atoms with Crippen molar-refractivity contribution in [3.05, 3.63) is 30.5 Å². The van der Waals surface area contributed by atoms with Gasteiger partial charge in [-0.2, -0.15) is 4.98 Å². The van der Waals surface area contributed by atoms with Crippen molar-refractivity contribution in [2.45, 2.75) is 70.1 Å². The number of nitrogens with one attached hydrogen (secondary N) is 1. The Hall–Kier alpha value is -2.38. The van der Waals surface area contributed by atoms with E-state index >= 15 is 0 Å². The van der Waals surface area contributed by atoms with Crippen LogP contribution in [0.3, 0.4) is 0 Å². The zero-order valence-electron chi connectivity index (χ0n) is 19.5. The Bertz CT molecular complexity index is 887. The first-order chi connectivity index (χ1) is 16.2. The maximum atomic E-state index is 6.30. The van der Waals surface area contributed by atoms with Crippen LogP contribution >= 0.6 is 0 Å². The van der Waals surface area contributed by atoms with Crippen molar-refractivity contribution in [2.75, 3.05) is 31.7 Å². The van der Waals surface area contributed by atoms with Gasteiger partial charge in [-0.3, -0.25) is 0 Å². The van der Waals surface area contributed by atoms with Crippen LogP contribution in [0.2, 0.25) is 0 Å². The molecule has 5 rings (SSSR count). The minimum atomic E-state index is 0.0261. The quantitative estimate of drug-likeness (QED) is 0.642. The van der Waals surface area contributed by atoms with E-state index in [0.29, 0.717) is 24.5 Å². The van der Waals surface area contributed by atoms with Crippen LogP contribution < -0.4 is 14.8 Å². The molecule has 1 saturated carbocycles. The minimum Gasteiger partial charge on any atom is -0.490 e. The molecule has 2 aromatic rings. The summed E-state index contributed by atoms with van der Waals surface area (Å²) in [6.45, 7) is 5.20. The van der Waals surface area contributed by atoms with Gasteiger partial charge in [0.15, 0.2) is 0 Å². The molecule has 7 heteroatoms. The van der Waals surface area contributed by atoms with Crippen LogP contribution in [-0.4, -0.2) is 54.6 Å². The Morgan fingerprint density at radius 1 is 0.848 bits per heavy atom. The molecular formula is C26H35N3O4. The second-order valence-corrected chi connectivity index (χ2v) is 9.57. The molecule has 178 valence electrons. The zero-order chi connectivity index (χ0) is 22.5. The lowest BCUT2D eigenvalue weighted by molar-refractivity contribution is 0.0256. The lowest BCUT2D eigenvalue weighted by atomic mass is 9.87. The lowest BCUT2D eigenvalue weighted by Crippen LogP contribution is -2.26. The number of hydrogen-bond donors (Lipinski definition) is 1. The van der Waals surface area contributed by atoms with Gasteiger partial charge in [0.2, 0.25) is 11.8 Å². The van der Waals surface area contributed by atoms with E-state index in [0.717, 1.165) is 74.7 Å². The summed E-state index contributed by atoms with van der Waals surface area (Å²) in [5.74, 6) is 2.95. The van der Waals surface area contributed by atoms with Crippen molar-refractivity contribution in [1.29, 1.82) is 0 Å². The van der Waals surface area contributed by atoms with Crippen molar-refractivity contribution in [1.82, 2.24) is 9.97 Å². The molecule has 0 unspecified atom stereocenters. The van der Waals surface area contributed by atoms with Gasteiger partial charge in [0.1, 0.15) is 18.0 Å². The first-order valence-corrected chi connectivity index (χ1v) is 12.5. The summed E-state index contributed by atoms with van der Waals surface area (Å²) in [7, 11) is 0. The molecule has 7 nitrogen and oxygen atoms in total. The standard InChI is InChI=1S/C26H35N3O4/c1-18-2-6-20(7-3-18)28-26-27-16-24(25(29-26)33-23-12-15-31-17-23)19-4-8-21(9-5-19)32-22-10-13-30-14-11-22/h4-5,8-9,16,18,20,22-23H,2-3,6-7,10-15,17H2,1H3,(H,27,28,29)/t18?,20?,23-/m1/s1. The van der Waals surface area contributed by atoms with Crippen LogP contribution in [0.15, 0.2) is 30.5 Å². The van der Waals surface area contributed by atoms with Crippen LogP contribution in [0.25, 0.3) is 11.1 Å². The molecular weight excluding hydrogens is 418 g/mol. The highest BCUT2D eigenvalue weighted by molar-refractivity contribution is 5.69. The van der Waals surface area contributed by atoms with Crippen LogP contribution in [0.5, 0.6) is 11.6 Å². The van der Waals surface area contributed by atoms with Crippen molar-refractivity contribution < 1.29 is 18.9 Å². The number of anilines is 1. The first-order valence-electron chi connectivity index (χ1n) is 12.5. The first kappa shape index (κ1) is 22.4. The topological polar surface area (TPSA) is 74.7 Å². The molecule has 0 spiro atoms. The van der Waals surface area contributed by atoms with Gasteiger partial charge in [-0.25, -0.2) is 4.98 Å². The Kier molecular flexibility index (Phi) is 7.27. The highest BCUT2D eigenvalue weighted by Gasteiger charge is 2.23. The minimum absolute atomic E-state index is 0.0261. The molecule has 1 aromatic carbocycles. The number of aromatic nitrogens is 2. The molecule has 33 heavy (non-hydrogen) atoms. The monoisotopic (exact) mass is 453 g/mol. The third-order valence-corrected chi connectivity index (χ3v) is 6.91. The maximum absolute atomic E-state index is 6.30. The van der Waals surface area contributed by atoms with Gasteiger partial charge in [-0.1, -0.05) is 19.1 Å². The zero-order valence-corrected chi connectivity index (χ0v) is 19.5. The van der Waals surface area contributed by atoms with Crippen LogP contribution in [-0.2, 0) is 9.47 Å². The fraction of sp³-hybridized carbons (Fsp3) is 0.615. The summed E-state index contributed by atoms with van der Waals surface area (Å²) in [6, 6.07) is 8.57. The summed E-state index contributed by atoms with van der Waals surface area (Å²) in [5, 5.41) is 3.54. The number of hydrogen-bond acceptors (Lipinski definition) is 7. The predicted octanol–water partition coefficient (Wildman–Crippen LogP) is 4.86. The normalized spacial score (nSPS) is 26.2. The van der Waals surface area contributed by atoms with E-state index in [1.165, 1.54) is 12.8 Å². The highest BCUT2D eigenvalue weighted by atomic mass is 16.5. The van der Waals surface area contributed by atoms with Crippen LogP contribution in [0.4, 0.5) is 5.95 Å². The molecule has 3 aliphatic rings. The Labute approximate surface area is 196 Å². The SMILES string of the molecule is CC1CCC(Nc2ncc(-c3ccc(OC4CCOCC4)cc3)c(O[C@@H]3CCOC3)n2)CC1. The molecule has 2 aliphatic heterocycles. The van der Waals surface area contributed by atoms with E-state index in [9.17, 15) is 0 Å². The molecule has 1 N–H and O–H groups in total. The molecule has 3 fully saturated rings. The average Bonchev–Trinajstić information content (AvgIpc) is 3.35. The molecule has 2 saturated heterocycles. The summed E-state index contributed by atoms with van der Waals surface area (Å²) < 4.78 is 23.4. The average molecular weight is 454 g/mol. The van der Waals surface area contributed by atoms with Gasteiger partial charge in [0, 0.05) is 31.5 Å². The molecule has 0 amide bonds.